The maximum atomic E-state index is 16.0. The van der Waals surface area contributed by atoms with Gasteiger partial charge in [0, 0.05) is 70.2 Å². The molecule has 22 heteroatoms. The zero-order valence-electron chi connectivity index (χ0n) is 36.9. The molecule has 52 heavy (non-hydrogen) atoms. The molecule has 0 atom stereocenters. The Morgan fingerprint density at radius 1 is 0.269 bits per heavy atom. The third kappa shape index (κ3) is 25.1. The van der Waals surface area contributed by atoms with Crippen molar-refractivity contribution in [3.05, 3.63) is 26.3 Å². The van der Waals surface area contributed by atoms with Gasteiger partial charge in [-0.25, -0.2) is 0 Å². The first-order valence-electron chi connectivity index (χ1n) is 16.7. The maximum absolute atomic E-state index is 16.0. The average molecular weight is 1310 g/mol. The van der Waals surface area contributed by atoms with Crippen LogP contribution in [-0.2, 0) is 42.1 Å². The summed E-state index contributed by atoms with van der Waals surface area (Å²) < 4.78 is 63.9. The van der Waals surface area contributed by atoms with Crippen LogP contribution in [0.3, 0.4) is 0 Å². The topological polar surface area (TPSA) is 95.2 Å². The Morgan fingerprint density at radius 2 is 0.327 bits per heavy atom. The molecule has 0 spiro atoms. The molecule has 0 N–H and O–H groups in total. The molecular formula is C30H76F4N4P4Pt2Si8. The summed E-state index contributed by atoms with van der Waals surface area (Å²) in [5.74, 6) is 0. The minimum absolute atomic E-state index is 0. The molecule has 0 fully saturated rings. The Hall–Kier alpha value is 2.51. The van der Waals surface area contributed by atoms with Gasteiger partial charge >= 0.3 is 10.8 Å². The smallest absolute Gasteiger partial charge is 0.405 e. The standard InChI is InChI=1S/2C13H36F2P2Si4.4CN.2Pt/c2*1-18(2,3)16(19(4,5)6)13(14,15)17(20(7,8)9)21(10,11)12;4*1-2;;/h2*1-12H3;;;;;;/q;;4*-1;;/p+4. The summed E-state index contributed by atoms with van der Waals surface area (Å²) in [5, 5.41) is 20.4. The van der Waals surface area contributed by atoms with Gasteiger partial charge in [-0.3, -0.25) is 0 Å². The second-order valence-corrected chi connectivity index (χ2v) is 117. The van der Waals surface area contributed by atoms with E-state index >= 15 is 17.6 Å². The minimum Gasteiger partial charge on any atom is -0.512 e. The van der Waals surface area contributed by atoms with Gasteiger partial charge in [0.1, 0.15) is 0 Å². The SMILES string of the molecule is C[Si](C)(C)[PH+](C(F)(F)[PH+]([Si](C)(C)C)[Si](C)(C)C)[Si](C)(C)C.C[Si](C)(C)[PH+](C(F)(F)[PH+]([Si](C)(C)C)[Si](C)(C)C)[Si](C)(C)C.[C-]#N.[C-]#N.[C-]#N.[C-]#N.[Pt].[Pt]. The Morgan fingerprint density at radius 3 is 0.365 bits per heavy atom. The molecule has 0 bridgehead atoms. The Bertz CT molecular complexity index is 850. The number of nitrogens with zero attached hydrogens (tertiary/aromatic N) is 4. The molecule has 4 nitrogen and oxygen atoms in total. The molecule has 0 aromatic heterocycles. The van der Waals surface area contributed by atoms with Gasteiger partial charge in [-0.1, -0.05) is 0 Å². The van der Waals surface area contributed by atoms with E-state index in [4.69, 9.17) is 47.3 Å². The quantitative estimate of drug-likeness (QED) is 0.0842. The van der Waals surface area contributed by atoms with Crippen LogP contribution in [0.15, 0.2) is 0 Å². The zero-order chi connectivity index (χ0) is 43.3. The van der Waals surface area contributed by atoms with Gasteiger partial charge in [-0.15, -0.1) is 17.6 Å². The average Bonchev–Trinajstić information content (AvgIpc) is 2.75. The number of hydrogen-bond donors (Lipinski definition) is 0. The van der Waals surface area contributed by atoms with E-state index in [-0.39, 0.29) is 42.1 Å². The number of hydrogen-bond acceptors (Lipinski definition) is 4. The Balaban J connectivity index is -0.000000100. The van der Waals surface area contributed by atoms with Crippen molar-refractivity contribution < 1.29 is 59.7 Å². The van der Waals surface area contributed by atoms with Crippen LogP contribution >= 0.6 is 28.1 Å². The van der Waals surface area contributed by atoms with Crippen LogP contribution in [0, 0.1) is 47.3 Å². The van der Waals surface area contributed by atoms with Gasteiger partial charge in [0.05, 0.1) is 0 Å². The monoisotopic (exact) mass is 1310 g/mol. The first kappa shape index (κ1) is 72.2. The molecule has 0 amide bonds. The van der Waals surface area contributed by atoms with E-state index in [2.05, 4.69) is 157 Å². The molecule has 0 aliphatic rings. The first-order valence-corrected chi connectivity index (χ1v) is 58.7. The van der Waals surface area contributed by atoms with Crippen molar-refractivity contribution in [2.75, 3.05) is 0 Å². The second kappa shape index (κ2) is 26.6. The van der Waals surface area contributed by atoms with Crippen LogP contribution in [-0.4, -0.2) is 72.7 Å². The molecule has 0 unspecified atom stereocenters. The summed E-state index contributed by atoms with van der Waals surface area (Å²) in [6, 6.07) is 0. The van der Waals surface area contributed by atoms with Gasteiger partial charge in [0.2, 0.25) is 61.9 Å². The third-order valence-corrected chi connectivity index (χ3v) is 128. The van der Waals surface area contributed by atoms with Gasteiger partial charge in [-0.2, -0.15) is 0 Å². The molecule has 0 heterocycles. The fraction of sp³-hybridized carbons (Fsp3) is 0.867. The number of rotatable bonds is 12. The number of halogens is 4. The summed E-state index contributed by atoms with van der Waals surface area (Å²) in [4.78, 5) is 0. The van der Waals surface area contributed by atoms with E-state index in [1.54, 1.807) is 0 Å². The minimum atomic E-state index is -2.28. The largest absolute Gasteiger partial charge is 0.512 e. The van der Waals surface area contributed by atoms with Gasteiger partial charge in [-0.05, 0) is 157 Å². The fourth-order valence-electron chi connectivity index (χ4n) is 8.52. The molecule has 0 aliphatic heterocycles. The molecule has 0 saturated heterocycles. The summed E-state index contributed by atoms with van der Waals surface area (Å²) >= 11 is 0. The molecule has 0 aromatic rings. The normalized spacial score (nSPS) is 13.1. The molecular weight excluding hydrogens is 1230 g/mol. The van der Waals surface area contributed by atoms with Crippen LogP contribution in [0.2, 0.25) is 157 Å². The molecule has 0 aromatic carbocycles. The van der Waals surface area contributed by atoms with E-state index in [0.717, 1.165) is 0 Å². The van der Waals surface area contributed by atoms with Crippen LogP contribution < -0.4 is 0 Å². The summed E-state index contributed by atoms with van der Waals surface area (Å²) in [5.41, 5.74) is 0. The predicted octanol–water partition coefficient (Wildman–Crippen LogP) is 15.0. The van der Waals surface area contributed by atoms with Crippen LogP contribution in [0.4, 0.5) is 17.6 Å². The summed E-state index contributed by atoms with van der Waals surface area (Å²) in [6.07, 6.45) is 0. The van der Waals surface area contributed by atoms with Crippen molar-refractivity contribution in [3.63, 3.8) is 0 Å². The zero-order valence-corrected chi connectivity index (χ0v) is 53.5. The van der Waals surface area contributed by atoms with Crippen LogP contribution in [0.25, 0.3) is 0 Å². The Labute approximate surface area is 361 Å². The van der Waals surface area contributed by atoms with Crippen molar-refractivity contribution in [3.8, 4) is 0 Å². The fourth-order valence-corrected chi connectivity index (χ4v) is 203. The van der Waals surface area contributed by atoms with Crippen LogP contribution in [0.1, 0.15) is 0 Å². The van der Waals surface area contributed by atoms with E-state index in [1.165, 1.54) is 0 Å². The van der Waals surface area contributed by atoms with Crippen molar-refractivity contribution in [1.82, 2.24) is 0 Å². The predicted molar refractivity (Wildman–Crippen MR) is 250 cm³/mol. The van der Waals surface area contributed by atoms with E-state index in [1.807, 2.05) is 0 Å². The molecule has 0 rings (SSSR count). The summed E-state index contributed by atoms with van der Waals surface area (Å²) in [6.45, 7) is 72.0. The van der Waals surface area contributed by atoms with E-state index in [9.17, 15) is 0 Å². The van der Waals surface area contributed by atoms with Crippen LogP contribution in [0.5, 0.6) is 0 Å². The van der Waals surface area contributed by atoms with Gasteiger partial charge in [0.25, 0.3) is 0 Å². The van der Waals surface area contributed by atoms with E-state index in [0.29, 0.717) is 0 Å². The van der Waals surface area contributed by atoms with Crippen molar-refractivity contribution in [2.24, 2.45) is 0 Å². The molecule has 316 valence electrons. The second-order valence-electron chi connectivity index (χ2n) is 20.6. The molecule has 0 saturated carbocycles. The van der Waals surface area contributed by atoms with Crippen molar-refractivity contribution in [1.29, 1.82) is 21.0 Å². The third-order valence-electron chi connectivity index (χ3n) is 7.26. The molecule has 0 aliphatic carbocycles. The van der Waals surface area contributed by atoms with Crippen molar-refractivity contribution in [2.45, 2.75) is 168 Å². The Kier molecular flexibility index (Phi) is 36.9. The van der Waals surface area contributed by atoms with Gasteiger partial charge < -0.3 is 47.3 Å². The van der Waals surface area contributed by atoms with Crippen molar-refractivity contribution >= 4 is 90.0 Å². The van der Waals surface area contributed by atoms with Gasteiger partial charge in [0.15, 0.2) is 0 Å². The summed E-state index contributed by atoms with van der Waals surface area (Å²) in [7, 11) is -20.6. The molecule has 0 radical (unpaired) electrons. The van der Waals surface area contributed by atoms with E-state index < -0.39 is 101 Å². The first-order chi connectivity index (χ1) is 21.5. The number of alkyl halides is 4. The maximum Gasteiger partial charge on any atom is 0.405 e.